The van der Waals surface area contributed by atoms with Gasteiger partial charge in [-0.3, -0.25) is 5.21 Å². The van der Waals surface area contributed by atoms with Crippen LogP contribution in [0.3, 0.4) is 0 Å². The number of ether oxygens (including phenoxy) is 2. The van der Waals surface area contributed by atoms with Crippen molar-refractivity contribution in [1.82, 2.24) is 0 Å². The zero-order chi connectivity index (χ0) is 17.7. The Balaban J connectivity index is 2.32. The molecule has 128 valence electrons. The van der Waals surface area contributed by atoms with Gasteiger partial charge in [0.1, 0.15) is 12.4 Å². The molecular formula is C19H23NO3S. The lowest BCUT2D eigenvalue weighted by molar-refractivity contribution is 0.264. The van der Waals surface area contributed by atoms with Crippen LogP contribution >= 0.6 is 12.2 Å². The van der Waals surface area contributed by atoms with Gasteiger partial charge in [-0.1, -0.05) is 36.8 Å². The zero-order valence-electron chi connectivity index (χ0n) is 14.5. The summed E-state index contributed by atoms with van der Waals surface area (Å²) in [6.45, 7) is 6.48. The largest absolute Gasteiger partial charge is 0.489 e. The standard InChI is InChI=1S/C19H23NO3S/c1-5-15-7-6-8-17(20(21)19(24)22-4)16(15)12-23-18-10-9-13(2)11-14(18)3/h6-11,21H,5,12H2,1-4H3. The molecule has 0 heterocycles. The summed E-state index contributed by atoms with van der Waals surface area (Å²) in [7, 11) is 1.43. The maximum atomic E-state index is 10.3. The Hall–Kier alpha value is -2.11. The minimum atomic E-state index is -0.00369. The second-order valence-electron chi connectivity index (χ2n) is 5.61. The first-order chi connectivity index (χ1) is 11.5. The van der Waals surface area contributed by atoms with Gasteiger partial charge in [0.15, 0.2) is 0 Å². The summed E-state index contributed by atoms with van der Waals surface area (Å²) in [5.74, 6) is 0.830. The van der Waals surface area contributed by atoms with Crippen molar-refractivity contribution in [3.8, 4) is 5.75 Å². The molecule has 0 atom stereocenters. The SMILES string of the molecule is CCc1cccc(N(O)C(=S)OC)c1COc1ccc(C)cc1C. The van der Waals surface area contributed by atoms with Gasteiger partial charge in [-0.05, 0) is 55.7 Å². The van der Waals surface area contributed by atoms with Gasteiger partial charge in [0.25, 0.3) is 5.17 Å². The van der Waals surface area contributed by atoms with E-state index >= 15 is 0 Å². The molecule has 2 aromatic rings. The van der Waals surface area contributed by atoms with E-state index in [1.54, 1.807) is 6.07 Å². The predicted molar refractivity (Wildman–Crippen MR) is 99.9 cm³/mol. The monoisotopic (exact) mass is 345 g/mol. The van der Waals surface area contributed by atoms with Gasteiger partial charge in [0.05, 0.1) is 12.8 Å². The van der Waals surface area contributed by atoms with E-state index in [0.29, 0.717) is 12.3 Å². The Kier molecular flexibility index (Phi) is 6.17. The molecule has 0 saturated carbocycles. The Morgan fingerprint density at radius 1 is 1.21 bits per heavy atom. The van der Waals surface area contributed by atoms with E-state index in [1.807, 2.05) is 31.2 Å². The van der Waals surface area contributed by atoms with Crippen molar-refractivity contribution in [2.45, 2.75) is 33.8 Å². The van der Waals surface area contributed by atoms with Crippen LogP contribution in [-0.2, 0) is 17.8 Å². The number of rotatable bonds is 5. The number of hydroxylamine groups is 1. The van der Waals surface area contributed by atoms with Gasteiger partial charge in [0.2, 0.25) is 0 Å². The number of aryl methyl sites for hydroxylation is 3. The number of nitrogens with zero attached hydrogens (tertiary/aromatic N) is 1. The van der Waals surface area contributed by atoms with Crippen molar-refractivity contribution in [3.63, 3.8) is 0 Å². The molecule has 2 aromatic carbocycles. The molecule has 0 aliphatic carbocycles. The minimum Gasteiger partial charge on any atom is -0.489 e. The van der Waals surface area contributed by atoms with Crippen LogP contribution in [0, 0.1) is 13.8 Å². The second kappa shape index (κ2) is 8.13. The zero-order valence-corrected chi connectivity index (χ0v) is 15.3. The van der Waals surface area contributed by atoms with Crippen LogP contribution in [0.4, 0.5) is 5.69 Å². The number of methoxy groups -OCH3 is 1. The Bertz CT molecular complexity index is 731. The second-order valence-corrected chi connectivity index (χ2v) is 5.96. The molecule has 0 amide bonds. The van der Waals surface area contributed by atoms with Crippen LogP contribution in [0.15, 0.2) is 36.4 Å². The fraction of sp³-hybridized carbons (Fsp3) is 0.316. The molecule has 0 spiro atoms. The molecule has 0 radical (unpaired) electrons. The molecule has 0 saturated heterocycles. The summed E-state index contributed by atoms with van der Waals surface area (Å²) >= 11 is 5.02. The smallest absolute Gasteiger partial charge is 0.288 e. The van der Waals surface area contributed by atoms with E-state index in [1.165, 1.54) is 12.7 Å². The molecule has 0 aliphatic rings. The van der Waals surface area contributed by atoms with Crippen LogP contribution in [0.2, 0.25) is 0 Å². The van der Waals surface area contributed by atoms with Crippen molar-refractivity contribution in [2.75, 3.05) is 12.2 Å². The van der Waals surface area contributed by atoms with Crippen molar-refractivity contribution in [2.24, 2.45) is 0 Å². The van der Waals surface area contributed by atoms with Crippen molar-refractivity contribution in [1.29, 1.82) is 0 Å². The summed E-state index contributed by atoms with van der Waals surface area (Å²) in [5.41, 5.74) is 4.84. The van der Waals surface area contributed by atoms with E-state index in [4.69, 9.17) is 21.7 Å². The average molecular weight is 345 g/mol. The number of anilines is 1. The topological polar surface area (TPSA) is 41.9 Å². The van der Waals surface area contributed by atoms with Crippen molar-refractivity contribution >= 4 is 23.1 Å². The molecule has 0 fully saturated rings. The fourth-order valence-corrected chi connectivity index (χ4v) is 2.71. The molecule has 5 heteroatoms. The first-order valence-corrected chi connectivity index (χ1v) is 8.26. The van der Waals surface area contributed by atoms with Crippen LogP contribution in [0.5, 0.6) is 5.75 Å². The lowest BCUT2D eigenvalue weighted by atomic mass is 10.0. The molecule has 0 aromatic heterocycles. The minimum absolute atomic E-state index is 0.00369. The highest BCUT2D eigenvalue weighted by Gasteiger charge is 2.17. The molecule has 1 N–H and O–H groups in total. The van der Waals surface area contributed by atoms with Gasteiger partial charge in [-0.25, -0.2) is 0 Å². The number of hydrogen-bond acceptors (Lipinski definition) is 4. The maximum Gasteiger partial charge on any atom is 0.288 e. The fourth-order valence-electron chi connectivity index (χ4n) is 2.61. The quantitative estimate of drug-likeness (QED) is 0.635. The third-order valence-electron chi connectivity index (χ3n) is 3.91. The summed E-state index contributed by atoms with van der Waals surface area (Å²) < 4.78 is 11.0. The molecule has 0 aliphatic heterocycles. The number of thiocarbonyl (C=S) groups is 1. The third kappa shape index (κ3) is 4.04. The van der Waals surface area contributed by atoms with E-state index in [2.05, 4.69) is 19.9 Å². The lowest BCUT2D eigenvalue weighted by Crippen LogP contribution is -2.28. The molecule has 0 bridgehead atoms. The molecule has 0 unspecified atom stereocenters. The highest BCUT2D eigenvalue weighted by Crippen LogP contribution is 2.27. The Morgan fingerprint density at radius 3 is 2.58 bits per heavy atom. The van der Waals surface area contributed by atoms with Crippen LogP contribution in [0.25, 0.3) is 0 Å². The van der Waals surface area contributed by atoms with E-state index < -0.39 is 0 Å². The van der Waals surface area contributed by atoms with Gasteiger partial charge < -0.3 is 9.47 Å². The molecule has 4 nitrogen and oxygen atoms in total. The first-order valence-electron chi connectivity index (χ1n) is 7.85. The van der Waals surface area contributed by atoms with E-state index in [-0.39, 0.29) is 5.17 Å². The number of hydrogen-bond donors (Lipinski definition) is 1. The predicted octanol–water partition coefficient (Wildman–Crippen LogP) is 4.57. The highest BCUT2D eigenvalue weighted by molar-refractivity contribution is 7.80. The van der Waals surface area contributed by atoms with Crippen LogP contribution < -0.4 is 9.80 Å². The maximum absolute atomic E-state index is 10.3. The summed E-state index contributed by atoms with van der Waals surface area (Å²) in [6, 6.07) is 11.8. The van der Waals surface area contributed by atoms with Gasteiger partial charge in [-0.15, -0.1) is 0 Å². The lowest BCUT2D eigenvalue weighted by Gasteiger charge is -2.22. The third-order valence-corrected chi connectivity index (χ3v) is 4.25. The van der Waals surface area contributed by atoms with Gasteiger partial charge in [-0.2, -0.15) is 5.06 Å². The normalized spacial score (nSPS) is 10.4. The number of benzene rings is 2. The summed E-state index contributed by atoms with van der Waals surface area (Å²) in [6.07, 6.45) is 0.826. The summed E-state index contributed by atoms with van der Waals surface area (Å²) in [5, 5.41) is 11.2. The van der Waals surface area contributed by atoms with E-state index in [9.17, 15) is 5.21 Å². The molecule has 24 heavy (non-hydrogen) atoms. The molecular weight excluding hydrogens is 322 g/mol. The van der Waals surface area contributed by atoms with Gasteiger partial charge >= 0.3 is 0 Å². The van der Waals surface area contributed by atoms with Gasteiger partial charge in [0, 0.05) is 5.56 Å². The van der Waals surface area contributed by atoms with Crippen LogP contribution in [-0.4, -0.2) is 17.5 Å². The summed E-state index contributed by atoms with van der Waals surface area (Å²) in [4.78, 5) is 0. The Morgan fingerprint density at radius 2 is 1.96 bits per heavy atom. The van der Waals surface area contributed by atoms with E-state index in [0.717, 1.165) is 33.9 Å². The van der Waals surface area contributed by atoms with Crippen molar-refractivity contribution < 1.29 is 14.7 Å². The average Bonchev–Trinajstić information content (AvgIpc) is 2.59. The van der Waals surface area contributed by atoms with Crippen molar-refractivity contribution in [3.05, 3.63) is 58.7 Å². The molecule has 2 rings (SSSR count). The Labute approximate surface area is 148 Å². The highest BCUT2D eigenvalue weighted by atomic mass is 32.1. The first kappa shape index (κ1) is 18.2. The van der Waals surface area contributed by atoms with Crippen LogP contribution in [0.1, 0.15) is 29.2 Å².